The lowest BCUT2D eigenvalue weighted by atomic mass is 9.99. The van der Waals surface area contributed by atoms with Gasteiger partial charge in [0.2, 0.25) is 0 Å². The molecule has 1 saturated carbocycles. The summed E-state index contributed by atoms with van der Waals surface area (Å²) < 4.78 is 0. The van der Waals surface area contributed by atoms with Gasteiger partial charge in [-0.3, -0.25) is 4.79 Å². The normalized spacial score (nSPS) is 27.8. The van der Waals surface area contributed by atoms with Crippen LogP contribution in [0.4, 0.5) is 0 Å². The van der Waals surface area contributed by atoms with Gasteiger partial charge in [0.15, 0.2) is 6.29 Å². The Morgan fingerprint density at radius 2 is 2.46 bits per heavy atom. The van der Waals surface area contributed by atoms with Gasteiger partial charge in [-0.1, -0.05) is 19.8 Å². The number of aldehydes is 1. The summed E-state index contributed by atoms with van der Waals surface area (Å²) in [6.07, 6.45) is 4.69. The number of carbonyl (C=O) groups excluding carboxylic acids is 1. The molecule has 2 unspecified atom stereocenters. The number of hydrogen-bond acceptors (Lipinski definition) is 3. The van der Waals surface area contributed by atoms with E-state index in [0.717, 1.165) is 17.2 Å². The summed E-state index contributed by atoms with van der Waals surface area (Å²) in [4.78, 5) is 14.8. The summed E-state index contributed by atoms with van der Waals surface area (Å²) in [5, 5.41) is 3.01. The molecule has 0 aromatic carbocycles. The molecule has 0 bridgehead atoms. The molecular weight excluding hydrogens is 182 g/mol. The summed E-state index contributed by atoms with van der Waals surface area (Å²) >= 11 is 1.63. The molecule has 2 atom stereocenters. The van der Waals surface area contributed by atoms with E-state index in [2.05, 4.69) is 11.9 Å². The smallest absolute Gasteiger partial charge is 0.169 e. The minimum absolute atomic E-state index is 0.596. The van der Waals surface area contributed by atoms with Crippen LogP contribution < -0.4 is 0 Å². The highest BCUT2D eigenvalue weighted by Gasteiger charge is 2.27. The maximum Gasteiger partial charge on any atom is 0.169 e. The molecule has 1 aliphatic rings. The SMILES string of the molecule is CC1CCCC1c1nc(C=O)cs1. The molecule has 0 aliphatic heterocycles. The van der Waals surface area contributed by atoms with Crippen molar-refractivity contribution in [3.05, 3.63) is 16.1 Å². The van der Waals surface area contributed by atoms with Gasteiger partial charge in [0, 0.05) is 11.3 Å². The molecule has 1 aromatic rings. The number of hydrogen-bond donors (Lipinski definition) is 0. The average Bonchev–Trinajstić information content (AvgIpc) is 2.71. The fourth-order valence-corrected chi connectivity index (χ4v) is 3.07. The van der Waals surface area contributed by atoms with Gasteiger partial charge in [0.1, 0.15) is 5.69 Å². The average molecular weight is 195 g/mol. The lowest BCUT2D eigenvalue weighted by molar-refractivity contribution is 0.111. The fraction of sp³-hybridized carbons (Fsp3) is 0.600. The van der Waals surface area contributed by atoms with E-state index in [-0.39, 0.29) is 0 Å². The largest absolute Gasteiger partial charge is 0.296 e. The predicted molar refractivity (Wildman–Crippen MR) is 53.3 cm³/mol. The Bertz CT molecular complexity index is 308. The van der Waals surface area contributed by atoms with Gasteiger partial charge in [-0.05, 0) is 12.3 Å². The van der Waals surface area contributed by atoms with E-state index in [9.17, 15) is 4.79 Å². The summed E-state index contributed by atoms with van der Waals surface area (Å²) in [5.41, 5.74) is 0.596. The number of thiazole rings is 1. The van der Waals surface area contributed by atoms with Crippen LogP contribution >= 0.6 is 11.3 Å². The first kappa shape index (κ1) is 8.88. The molecule has 0 saturated heterocycles. The third kappa shape index (κ3) is 1.66. The Hall–Kier alpha value is -0.700. The molecule has 1 fully saturated rings. The van der Waals surface area contributed by atoms with Crippen LogP contribution in [0.15, 0.2) is 5.38 Å². The van der Waals surface area contributed by atoms with Gasteiger partial charge in [-0.2, -0.15) is 0 Å². The van der Waals surface area contributed by atoms with Gasteiger partial charge in [-0.15, -0.1) is 11.3 Å². The van der Waals surface area contributed by atoms with Crippen molar-refractivity contribution in [3.8, 4) is 0 Å². The molecule has 1 heterocycles. The van der Waals surface area contributed by atoms with Gasteiger partial charge in [-0.25, -0.2) is 4.98 Å². The second-order valence-electron chi connectivity index (χ2n) is 3.74. The van der Waals surface area contributed by atoms with Gasteiger partial charge in [0.05, 0.1) is 5.01 Å². The van der Waals surface area contributed by atoms with Crippen molar-refractivity contribution in [2.75, 3.05) is 0 Å². The number of aromatic nitrogens is 1. The van der Waals surface area contributed by atoms with Crippen LogP contribution in [0, 0.1) is 5.92 Å². The minimum atomic E-state index is 0.596. The summed E-state index contributed by atoms with van der Waals surface area (Å²) in [7, 11) is 0. The molecule has 0 radical (unpaired) electrons. The Kier molecular flexibility index (Phi) is 2.44. The first-order valence-corrected chi connectivity index (χ1v) is 5.60. The van der Waals surface area contributed by atoms with Crippen molar-refractivity contribution in [2.45, 2.75) is 32.1 Å². The Morgan fingerprint density at radius 1 is 1.62 bits per heavy atom. The number of nitrogens with zero attached hydrogens (tertiary/aromatic N) is 1. The summed E-state index contributed by atoms with van der Waals surface area (Å²) in [6, 6.07) is 0. The number of carbonyl (C=O) groups is 1. The lowest BCUT2D eigenvalue weighted by Gasteiger charge is -2.10. The first-order valence-electron chi connectivity index (χ1n) is 4.72. The molecule has 0 N–H and O–H groups in total. The highest BCUT2D eigenvalue weighted by molar-refractivity contribution is 7.09. The van der Waals surface area contributed by atoms with E-state index < -0.39 is 0 Å². The van der Waals surface area contributed by atoms with E-state index in [0.29, 0.717) is 11.6 Å². The first-order chi connectivity index (χ1) is 6.31. The molecule has 70 valence electrons. The van der Waals surface area contributed by atoms with E-state index in [1.54, 1.807) is 11.3 Å². The van der Waals surface area contributed by atoms with Crippen LogP contribution in [-0.4, -0.2) is 11.3 Å². The summed E-state index contributed by atoms with van der Waals surface area (Å²) in [5.74, 6) is 1.35. The van der Waals surface area contributed by atoms with E-state index in [4.69, 9.17) is 0 Å². The minimum Gasteiger partial charge on any atom is -0.296 e. The molecule has 13 heavy (non-hydrogen) atoms. The lowest BCUT2D eigenvalue weighted by Crippen LogP contribution is -2.01. The van der Waals surface area contributed by atoms with Crippen LogP contribution in [0.3, 0.4) is 0 Å². The van der Waals surface area contributed by atoms with Crippen LogP contribution in [0.2, 0.25) is 0 Å². The zero-order valence-electron chi connectivity index (χ0n) is 7.69. The predicted octanol–water partition coefficient (Wildman–Crippen LogP) is 2.86. The molecule has 1 aromatic heterocycles. The van der Waals surface area contributed by atoms with Crippen LogP contribution in [0.5, 0.6) is 0 Å². The van der Waals surface area contributed by atoms with Crippen LogP contribution in [-0.2, 0) is 0 Å². The van der Waals surface area contributed by atoms with E-state index in [1.165, 1.54) is 19.3 Å². The Morgan fingerprint density at radius 3 is 3.00 bits per heavy atom. The van der Waals surface area contributed by atoms with Crippen molar-refractivity contribution in [2.24, 2.45) is 5.92 Å². The van der Waals surface area contributed by atoms with Crippen LogP contribution in [0.25, 0.3) is 0 Å². The topological polar surface area (TPSA) is 30.0 Å². The van der Waals surface area contributed by atoms with Gasteiger partial charge >= 0.3 is 0 Å². The Balaban J connectivity index is 2.19. The maximum atomic E-state index is 10.5. The quantitative estimate of drug-likeness (QED) is 0.679. The molecule has 2 nitrogen and oxygen atoms in total. The van der Waals surface area contributed by atoms with E-state index in [1.807, 2.05) is 5.38 Å². The molecule has 0 amide bonds. The molecule has 2 rings (SSSR count). The number of rotatable bonds is 2. The van der Waals surface area contributed by atoms with Gasteiger partial charge in [0.25, 0.3) is 0 Å². The van der Waals surface area contributed by atoms with Crippen molar-refractivity contribution in [1.29, 1.82) is 0 Å². The second-order valence-corrected chi connectivity index (χ2v) is 4.63. The highest BCUT2D eigenvalue weighted by Crippen LogP contribution is 2.40. The molecular formula is C10H13NOS. The summed E-state index contributed by atoms with van der Waals surface area (Å²) in [6.45, 7) is 2.28. The monoisotopic (exact) mass is 195 g/mol. The molecule has 1 aliphatic carbocycles. The third-order valence-electron chi connectivity index (χ3n) is 2.84. The van der Waals surface area contributed by atoms with Crippen molar-refractivity contribution < 1.29 is 4.79 Å². The second kappa shape index (κ2) is 3.58. The molecule has 0 spiro atoms. The highest BCUT2D eigenvalue weighted by atomic mass is 32.1. The zero-order chi connectivity index (χ0) is 9.26. The molecule has 3 heteroatoms. The zero-order valence-corrected chi connectivity index (χ0v) is 8.51. The van der Waals surface area contributed by atoms with E-state index >= 15 is 0 Å². The van der Waals surface area contributed by atoms with Crippen molar-refractivity contribution >= 4 is 17.6 Å². The Labute approximate surface area is 82.0 Å². The van der Waals surface area contributed by atoms with Crippen molar-refractivity contribution in [3.63, 3.8) is 0 Å². The van der Waals surface area contributed by atoms with Gasteiger partial charge < -0.3 is 0 Å². The maximum absolute atomic E-state index is 10.5. The van der Waals surface area contributed by atoms with Crippen molar-refractivity contribution in [1.82, 2.24) is 4.98 Å². The fourth-order valence-electron chi connectivity index (χ4n) is 2.04. The standard InChI is InChI=1S/C10H13NOS/c1-7-3-2-4-9(7)10-11-8(5-12)6-13-10/h5-7,9H,2-4H2,1H3. The third-order valence-corrected chi connectivity index (χ3v) is 3.83. The van der Waals surface area contributed by atoms with Crippen LogP contribution in [0.1, 0.15) is 47.6 Å².